The van der Waals surface area contributed by atoms with Gasteiger partial charge in [0.05, 0.1) is 6.61 Å². The van der Waals surface area contributed by atoms with E-state index in [1.54, 1.807) is 12.1 Å². The van der Waals surface area contributed by atoms with Gasteiger partial charge in [-0.2, -0.15) is 4.98 Å². The fourth-order valence-corrected chi connectivity index (χ4v) is 2.17. The van der Waals surface area contributed by atoms with Gasteiger partial charge in [-0.3, -0.25) is 0 Å². The quantitative estimate of drug-likeness (QED) is 0.722. The van der Waals surface area contributed by atoms with E-state index in [0.717, 1.165) is 11.1 Å². The second-order valence-electron chi connectivity index (χ2n) is 4.60. The Balaban J connectivity index is 2.06. The second-order valence-corrected chi connectivity index (χ2v) is 5.03. The maximum atomic E-state index is 5.92. The third-order valence-electron chi connectivity index (χ3n) is 3.09. The van der Waals surface area contributed by atoms with Crippen LogP contribution in [-0.2, 0) is 0 Å². The number of aromatic nitrogens is 3. The van der Waals surface area contributed by atoms with Crippen molar-refractivity contribution in [1.82, 2.24) is 15.2 Å². The van der Waals surface area contributed by atoms with Crippen molar-refractivity contribution in [2.75, 3.05) is 6.61 Å². The highest BCUT2D eigenvalue weighted by atomic mass is 35.5. The molecule has 0 aliphatic heterocycles. The Morgan fingerprint density at radius 1 is 0.909 bits per heavy atom. The molecule has 0 unspecified atom stereocenters. The zero-order chi connectivity index (χ0) is 15.4. The number of halogens is 1. The van der Waals surface area contributed by atoms with Gasteiger partial charge in [-0.15, -0.1) is 10.2 Å². The van der Waals surface area contributed by atoms with E-state index in [1.165, 1.54) is 0 Å². The lowest BCUT2D eigenvalue weighted by Gasteiger charge is -2.09. The summed E-state index contributed by atoms with van der Waals surface area (Å²) in [5, 5.41) is 9.18. The summed E-state index contributed by atoms with van der Waals surface area (Å²) in [4.78, 5) is 4.50. The number of hydrogen-bond donors (Lipinski definition) is 0. The first-order chi connectivity index (χ1) is 10.8. The molecule has 5 heteroatoms. The number of rotatable bonds is 4. The summed E-state index contributed by atoms with van der Waals surface area (Å²) in [5.41, 5.74) is 2.38. The van der Waals surface area contributed by atoms with Crippen molar-refractivity contribution in [3.63, 3.8) is 0 Å². The van der Waals surface area contributed by atoms with Gasteiger partial charge in [-0.05, 0) is 19.1 Å². The summed E-state index contributed by atoms with van der Waals surface area (Å²) in [6.45, 7) is 2.42. The summed E-state index contributed by atoms with van der Waals surface area (Å²) in [6, 6.07) is 17.1. The normalized spacial score (nSPS) is 10.5. The maximum absolute atomic E-state index is 5.92. The van der Waals surface area contributed by atoms with Crippen molar-refractivity contribution in [2.45, 2.75) is 6.92 Å². The van der Waals surface area contributed by atoms with Gasteiger partial charge in [0.15, 0.2) is 11.5 Å². The lowest BCUT2D eigenvalue weighted by Crippen LogP contribution is -2.03. The molecule has 0 radical (unpaired) electrons. The summed E-state index contributed by atoms with van der Waals surface area (Å²) in [6.07, 6.45) is 0. The molecule has 0 fully saturated rings. The van der Waals surface area contributed by atoms with Crippen molar-refractivity contribution in [3.05, 3.63) is 59.6 Å². The summed E-state index contributed by atoms with van der Waals surface area (Å²) < 4.78 is 5.64. The minimum Gasteiger partial charge on any atom is -0.476 e. The first-order valence-corrected chi connectivity index (χ1v) is 7.34. The zero-order valence-electron chi connectivity index (χ0n) is 12.0. The van der Waals surface area contributed by atoms with Crippen LogP contribution in [0.4, 0.5) is 0 Å². The number of ether oxygens (including phenoxy) is 1. The predicted molar refractivity (Wildman–Crippen MR) is 86.9 cm³/mol. The molecular formula is C17H14ClN3O. The molecule has 110 valence electrons. The molecule has 0 atom stereocenters. The zero-order valence-corrected chi connectivity index (χ0v) is 12.8. The number of hydrogen-bond acceptors (Lipinski definition) is 4. The second kappa shape index (κ2) is 6.54. The van der Waals surface area contributed by atoms with Gasteiger partial charge in [-0.25, -0.2) is 0 Å². The highest BCUT2D eigenvalue weighted by Gasteiger charge is 2.13. The Hall–Kier alpha value is -2.46. The molecule has 1 aromatic heterocycles. The van der Waals surface area contributed by atoms with Gasteiger partial charge in [0.2, 0.25) is 5.88 Å². The van der Waals surface area contributed by atoms with E-state index in [1.807, 2.05) is 49.4 Å². The molecule has 3 aromatic rings. The van der Waals surface area contributed by atoms with Crippen LogP contribution in [0.2, 0.25) is 5.02 Å². The Kier molecular flexibility index (Phi) is 4.30. The number of nitrogens with zero attached hydrogens (tertiary/aromatic N) is 3. The minimum atomic E-state index is 0.471. The van der Waals surface area contributed by atoms with Crippen LogP contribution in [-0.4, -0.2) is 21.8 Å². The molecule has 1 heterocycles. The third-order valence-corrected chi connectivity index (χ3v) is 3.34. The molecule has 0 aliphatic rings. The molecule has 2 aromatic carbocycles. The van der Waals surface area contributed by atoms with Crippen LogP contribution < -0.4 is 4.74 Å². The topological polar surface area (TPSA) is 47.9 Å². The third kappa shape index (κ3) is 3.07. The lowest BCUT2D eigenvalue weighted by molar-refractivity contribution is 0.326. The van der Waals surface area contributed by atoms with E-state index in [9.17, 15) is 0 Å². The Labute approximate surface area is 133 Å². The fourth-order valence-electron chi connectivity index (χ4n) is 2.05. The van der Waals surface area contributed by atoms with E-state index < -0.39 is 0 Å². The molecule has 4 nitrogen and oxygen atoms in total. The lowest BCUT2D eigenvalue weighted by atomic mass is 10.1. The molecule has 22 heavy (non-hydrogen) atoms. The standard InChI is InChI=1S/C17H14ClN3O/c1-2-22-17-15(12-8-10-14(18)11-9-12)20-21-16(19-17)13-6-4-3-5-7-13/h3-11H,2H2,1H3. The van der Waals surface area contributed by atoms with E-state index in [4.69, 9.17) is 16.3 Å². The van der Waals surface area contributed by atoms with Crippen LogP contribution in [0.1, 0.15) is 6.92 Å². The van der Waals surface area contributed by atoms with Crippen molar-refractivity contribution < 1.29 is 4.74 Å². The summed E-state index contributed by atoms with van der Waals surface area (Å²) >= 11 is 5.92. The van der Waals surface area contributed by atoms with Crippen LogP contribution in [0.15, 0.2) is 54.6 Å². The average molecular weight is 312 g/mol. The van der Waals surface area contributed by atoms with Gasteiger partial charge in [0, 0.05) is 16.1 Å². The predicted octanol–water partition coefficient (Wildman–Crippen LogP) is 4.26. The van der Waals surface area contributed by atoms with Crippen molar-refractivity contribution >= 4 is 11.6 Å². The first kappa shape index (κ1) is 14.5. The van der Waals surface area contributed by atoms with E-state index in [-0.39, 0.29) is 0 Å². The van der Waals surface area contributed by atoms with Crippen molar-refractivity contribution in [2.24, 2.45) is 0 Å². The highest BCUT2D eigenvalue weighted by Crippen LogP contribution is 2.28. The fraction of sp³-hybridized carbons (Fsp3) is 0.118. The van der Waals surface area contributed by atoms with Crippen LogP contribution >= 0.6 is 11.6 Å². The van der Waals surface area contributed by atoms with E-state index in [0.29, 0.717) is 29.0 Å². The molecular weight excluding hydrogens is 298 g/mol. The van der Waals surface area contributed by atoms with Crippen molar-refractivity contribution in [3.8, 4) is 28.5 Å². The minimum absolute atomic E-state index is 0.471. The van der Waals surface area contributed by atoms with E-state index in [2.05, 4.69) is 15.2 Å². The molecule has 0 N–H and O–H groups in total. The average Bonchev–Trinajstić information content (AvgIpc) is 2.57. The molecule has 0 amide bonds. The van der Waals surface area contributed by atoms with Crippen LogP contribution in [0, 0.1) is 0 Å². The van der Waals surface area contributed by atoms with E-state index >= 15 is 0 Å². The van der Waals surface area contributed by atoms with Gasteiger partial charge in [0.1, 0.15) is 0 Å². The van der Waals surface area contributed by atoms with Crippen LogP contribution in [0.3, 0.4) is 0 Å². The van der Waals surface area contributed by atoms with Crippen molar-refractivity contribution in [1.29, 1.82) is 0 Å². The van der Waals surface area contributed by atoms with Gasteiger partial charge < -0.3 is 4.74 Å². The Bertz CT molecular complexity index is 761. The number of benzene rings is 2. The Morgan fingerprint density at radius 3 is 2.32 bits per heavy atom. The summed E-state index contributed by atoms with van der Waals surface area (Å²) in [5.74, 6) is 1.01. The maximum Gasteiger partial charge on any atom is 0.244 e. The Morgan fingerprint density at radius 2 is 1.64 bits per heavy atom. The van der Waals surface area contributed by atoms with Gasteiger partial charge in [0.25, 0.3) is 0 Å². The highest BCUT2D eigenvalue weighted by molar-refractivity contribution is 6.30. The monoisotopic (exact) mass is 311 g/mol. The molecule has 3 rings (SSSR count). The van der Waals surface area contributed by atoms with Gasteiger partial charge in [-0.1, -0.05) is 54.1 Å². The molecule has 0 saturated carbocycles. The molecule has 0 spiro atoms. The summed E-state index contributed by atoms with van der Waals surface area (Å²) in [7, 11) is 0. The van der Waals surface area contributed by atoms with Gasteiger partial charge >= 0.3 is 0 Å². The SMILES string of the molecule is CCOc1nc(-c2ccccc2)nnc1-c1ccc(Cl)cc1. The molecule has 0 aliphatic carbocycles. The first-order valence-electron chi connectivity index (χ1n) is 6.97. The van der Waals surface area contributed by atoms with Crippen LogP contribution in [0.25, 0.3) is 22.6 Å². The smallest absolute Gasteiger partial charge is 0.244 e. The van der Waals surface area contributed by atoms with Crippen LogP contribution in [0.5, 0.6) is 5.88 Å². The molecule has 0 bridgehead atoms. The molecule has 0 saturated heterocycles. The largest absolute Gasteiger partial charge is 0.476 e.